The molecule has 10 heteroatoms. The van der Waals surface area contributed by atoms with Crippen LogP contribution in [0.25, 0.3) is 0 Å². The molecule has 8 atom stereocenters. The molecule has 2 bridgehead atoms. The van der Waals surface area contributed by atoms with Crippen molar-refractivity contribution in [3.63, 3.8) is 0 Å². The Morgan fingerprint density at radius 2 is 1.83 bits per heavy atom. The lowest BCUT2D eigenvalue weighted by Gasteiger charge is -2.41. The standard InChI is InChI=1S/C32H44BrN3O6/c1-7-16-35(22-14-12-21(13-15-22)34(10-4)11-5)30(39)28-32-18-23(33)27(42-32)25(31(40)41-17-8-2)26(32)29(38)36(28)24(19-37)20(6)9-3/h7-8,12-15,20,23-28,37H,1-2,9-11,16-19H2,3-6H3/t20-,23?,24-,25-,26-,27-,28?,32?/m0/s1. The van der Waals surface area contributed by atoms with Gasteiger partial charge in [0.15, 0.2) is 0 Å². The van der Waals surface area contributed by atoms with Gasteiger partial charge in [-0.3, -0.25) is 14.4 Å². The van der Waals surface area contributed by atoms with Gasteiger partial charge in [0.1, 0.15) is 18.2 Å². The average molecular weight is 647 g/mol. The fourth-order valence-electron chi connectivity index (χ4n) is 7.06. The molecule has 2 amide bonds. The molecule has 4 rings (SSSR count). The molecule has 0 aromatic heterocycles. The number of alkyl halides is 1. The van der Waals surface area contributed by atoms with E-state index in [1.54, 1.807) is 11.0 Å². The summed E-state index contributed by atoms with van der Waals surface area (Å²) in [5.41, 5.74) is 0.452. The molecule has 9 nitrogen and oxygen atoms in total. The summed E-state index contributed by atoms with van der Waals surface area (Å²) < 4.78 is 12.0. The van der Waals surface area contributed by atoms with Crippen molar-refractivity contribution >= 4 is 45.1 Å². The fourth-order valence-corrected chi connectivity index (χ4v) is 8.00. The van der Waals surface area contributed by atoms with E-state index in [1.165, 1.54) is 11.0 Å². The van der Waals surface area contributed by atoms with E-state index in [4.69, 9.17) is 9.47 Å². The molecule has 1 N–H and O–H groups in total. The number of ether oxygens (including phenoxy) is 2. The summed E-state index contributed by atoms with van der Waals surface area (Å²) >= 11 is 3.69. The molecule has 3 aliphatic rings. The SMILES string of the molecule is C=CCOC(=O)[C@H]1[C@H]2C(=O)N([C@@H](CO)[C@@H](C)CC)C(C(=O)N(CC=C)c3ccc(N(CC)CC)cc3)C23CC(Br)[C@@H]1O3. The van der Waals surface area contributed by atoms with Crippen LogP contribution in [0.4, 0.5) is 11.4 Å². The predicted molar refractivity (Wildman–Crippen MR) is 167 cm³/mol. The number of aliphatic hydroxyl groups excluding tert-OH is 1. The smallest absolute Gasteiger partial charge is 0.312 e. The number of halogens is 1. The molecule has 1 aromatic carbocycles. The maximum Gasteiger partial charge on any atom is 0.312 e. The topological polar surface area (TPSA) is 99.6 Å². The van der Waals surface area contributed by atoms with Crippen LogP contribution >= 0.6 is 15.9 Å². The van der Waals surface area contributed by atoms with Crippen molar-refractivity contribution in [2.45, 2.75) is 69.2 Å². The number of nitrogens with zero attached hydrogens (tertiary/aromatic N) is 3. The van der Waals surface area contributed by atoms with E-state index >= 15 is 0 Å². The Bertz CT molecular complexity index is 1170. The number of hydrogen-bond acceptors (Lipinski definition) is 7. The molecule has 0 saturated carbocycles. The van der Waals surface area contributed by atoms with Gasteiger partial charge in [-0.05, 0) is 50.5 Å². The summed E-state index contributed by atoms with van der Waals surface area (Å²) in [6.07, 6.45) is 3.57. The summed E-state index contributed by atoms with van der Waals surface area (Å²) in [6, 6.07) is 6.09. The summed E-state index contributed by atoms with van der Waals surface area (Å²) in [4.78, 5) is 47.6. The summed E-state index contributed by atoms with van der Waals surface area (Å²) in [5, 5.41) is 10.6. The van der Waals surface area contributed by atoms with Gasteiger partial charge in [0, 0.05) is 35.8 Å². The zero-order valence-electron chi connectivity index (χ0n) is 25.1. The highest BCUT2D eigenvalue weighted by Gasteiger charge is 2.77. The van der Waals surface area contributed by atoms with Crippen LogP contribution in [0.1, 0.15) is 40.5 Å². The number of benzene rings is 1. The zero-order chi connectivity index (χ0) is 30.8. The van der Waals surface area contributed by atoms with Crippen LogP contribution in [-0.4, -0.2) is 89.3 Å². The molecular formula is C32H44BrN3O6. The lowest BCUT2D eigenvalue weighted by molar-refractivity contribution is -0.155. The van der Waals surface area contributed by atoms with Gasteiger partial charge in [0.25, 0.3) is 5.91 Å². The Morgan fingerprint density at radius 1 is 1.19 bits per heavy atom. The molecule has 0 aliphatic carbocycles. The number of anilines is 2. The Hall–Kier alpha value is -2.69. The largest absolute Gasteiger partial charge is 0.461 e. The van der Waals surface area contributed by atoms with Gasteiger partial charge in [-0.25, -0.2) is 0 Å². The quantitative estimate of drug-likeness (QED) is 0.186. The van der Waals surface area contributed by atoms with E-state index in [1.807, 2.05) is 38.1 Å². The molecule has 3 aliphatic heterocycles. The molecule has 1 spiro atoms. The Labute approximate surface area is 257 Å². The molecule has 0 radical (unpaired) electrons. The van der Waals surface area contributed by atoms with Gasteiger partial charge in [-0.2, -0.15) is 0 Å². The number of carbonyl (C=O) groups excluding carboxylic acids is 3. The lowest BCUT2D eigenvalue weighted by Crippen LogP contribution is -2.60. The summed E-state index contributed by atoms with van der Waals surface area (Å²) in [5.74, 6) is -3.12. The molecule has 42 heavy (non-hydrogen) atoms. The fraction of sp³-hybridized carbons (Fsp3) is 0.594. The number of fused-ring (bicyclic) bond motifs is 1. The van der Waals surface area contributed by atoms with Gasteiger partial charge in [0.05, 0.1) is 30.6 Å². The van der Waals surface area contributed by atoms with E-state index in [0.717, 1.165) is 18.8 Å². The van der Waals surface area contributed by atoms with Crippen LogP contribution in [0, 0.1) is 17.8 Å². The zero-order valence-corrected chi connectivity index (χ0v) is 26.7. The van der Waals surface area contributed by atoms with Crippen molar-refractivity contribution < 1.29 is 29.0 Å². The van der Waals surface area contributed by atoms with Crippen LogP contribution in [-0.2, 0) is 23.9 Å². The van der Waals surface area contributed by atoms with Gasteiger partial charge in [-0.1, -0.05) is 54.9 Å². The molecule has 230 valence electrons. The first-order valence-corrected chi connectivity index (χ1v) is 15.9. The molecule has 3 unspecified atom stereocenters. The average Bonchev–Trinajstić information content (AvgIpc) is 3.59. The first-order valence-electron chi connectivity index (χ1n) is 14.9. The number of hydrogen-bond donors (Lipinski definition) is 1. The lowest BCUT2D eigenvalue weighted by atomic mass is 9.70. The number of likely N-dealkylation sites (tertiary alicyclic amines) is 1. The predicted octanol–water partition coefficient (Wildman–Crippen LogP) is 3.94. The van der Waals surface area contributed by atoms with E-state index in [0.29, 0.717) is 18.5 Å². The highest BCUT2D eigenvalue weighted by atomic mass is 79.9. The number of aliphatic hydroxyl groups is 1. The van der Waals surface area contributed by atoms with Crippen LogP contribution in [0.2, 0.25) is 0 Å². The van der Waals surface area contributed by atoms with Crippen LogP contribution in [0.3, 0.4) is 0 Å². The number of carbonyl (C=O) groups is 3. The van der Waals surface area contributed by atoms with Gasteiger partial charge in [0.2, 0.25) is 5.91 Å². The van der Waals surface area contributed by atoms with Gasteiger partial charge >= 0.3 is 5.97 Å². The Kier molecular flexibility index (Phi) is 10.2. The van der Waals surface area contributed by atoms with Crippen molar-refractivity contribution in [2.24, 2.45) is 17.8 Å². The molecule has 3 heterocycles. The van der Waals surface area contributed by atoms with E-state index < -0.39 is 41.6 Å². The third-order valence-electron chi connectivity index (χ3n) is 9.29. The third kappa shape index (κ3) is 5.30. The number of esters is 1. The highest BCUT2D eigenvalue weighted by molar-refractivity contribution is 9.09. The maximum atomic E-state index is 14.8. The van der Waals surface area contributed by atoms with E-state index in [-0.39, 0.29) is 42.3 Å². The van der Waals surface area contributed by atoms with E-state index in [2.05, 4.69) is 47.8 Å². The first-order chi connectivity index (χ1) is 20.1. The number of rotatable bonds is 14. The minimum Gasteiger partial charge on any atom is -0.461 e. The van der Waals surface area contributed by atoms with Crippen molar-refractivity contribution in [3.8, 4) is 0 Å². The molecule has 1 aromatic rings. The monoisotopic (exact) mass is 645 g/mol. The van der Waals surface area contributed by atoms with Crippen molar-refractivity contribution in [1.29, 1.82) is 0 Å². The second-order valence-corrected chi connectivity index (χ2v) is 12.6. The summed E-state index contributed by atoms with van der Waals surface area (Å²) in [6.45, 7) is 17.3. The molecular weight excluding hydrogens is 602 g/mol. The van der Waals surface area contributed by atoms with Crippen LogP contribution in [0.15, 0.2) is 49.6 Å². The van der Waals surface area contributed by atoms with Crippen LogP contribution < -0.4 is 9.80 Å². The van der Waals surface area contributed by atoms with Gasteiger partial charge < -0.3 is 29.3 Å². The Morgan fingerprint density at radius 3 is 2.38 bits per heavy atom. The minimum atomic E-state index is -1.26. The second-order valence-electron chi connectivity index (χ2n) is 11.4. The normalized spacial score (nSPS) is 29.1. The third-order valence-corrected chi connectivity index (χ3v) is 10.1. The summed E-state index contributed by atoms with van der Waals surface area (Å²) in [7, 11) is 0. The molecule has 3 saturated heterocycles. The van der Waals surface area contributed by atoms with E-state index in [9.17, 15) is 19.5 Å². The Balaban J connectivity index is 1.82. The first kappa shape index (κ1) is 32.2. The van der Waals surface area contributed by atoms with Crippen molar-refractivity contribution in [3.05, 3.63) is 49.6 Å². The molecule has 3 fully saturated rings. The van der Waals surface area contributed by atoms with Crippen LogP contribution in [0.5, 0.6) is 0 Å². The van der Waals surface area contributed by atoms with Crippen molar-refractivity contribution in [2.75, 3.05) is 42.6 Å². The second kappa shape index (κ2) is 13.3. The van der Waals surface area contributed by atoms with Gasteiger partial charge in [-0.15, -0.1) is 6.58 Å². The van der Waals surface area contributed by atoms with Crippen molar-refractivity contribution in [1.82, 2.24) is 4.90 Å². The minimum absolute atomic E-state index is 0.0116. The maximum absolute atomic E-state index is 14.8. The number of amides is 2. The highest BCUT2D eigenvalue weighted by Crippen LogP contribution is 2.61.